The zero-order chi connectivity index (χ0) is 12.0. The zero-order valence-electron chi connectivity index (χ0n) is 10.3. The maximum Gasteiger partial charge on any atom is 0.156 e. The largest absolute Gasteiger partial charge is 0.409 e. The molecule has 0 aromatic heterocycles. The van der Waals surface area contributed by atoms with Crippen molar-refractivity contribution in [3.05, 3.63) is 0 Å². The first kappa shape index (κ1) is 13.3. The molecule has 0 radical (unpaired) electrons. The molecule has 1 rings (SSSR count). The fourth-order valence-corrected chi connectivity index (χ4v) is 2.04. The monoisotopic (exact) mass is 228 g/mol. The third-order valence-electron chi connectivity index (χ3n) is 3.10. The van der Waals surface area contributed by atoms with Gasteiger partial charge in [-0.05, 0) is 45.3 Å². The number of nitrogens with zero attached hydrogens (tertiary/aromatic N) is 2. The Balaban J connectivity index is 2.16. The number of nitrogens with one attached hydrogen (secondary N) is 1. The lowest BCUT2D eigenvalue weighted by molar-refractivity contribution is 0.280. The van der Waals surface area contributed by atoms with E-state index in [0.717, 1.165) is 13.1 Å². The number of likely N-dealkylation sites (tertiary alicyclic amines) is 1. The molecule has 16 heavy (non-hydrogen) atoms. The number of nitrogens with two attached hydrogens (primary N) is 1. The predicted octanol–water partition coefficient (Wildman–Crippen LogP) is 0.443. The fourth-order valence-electron chi connectivity index (χ4n) is 2.04. The molecule has 0 spiro atoms. The van der Waals surface area contributed by atoms with Crippen LogP contribution >= 0.6 is 0 Å². The molecule has 1 aliphatic rings. The molecule has 0 amide bonds. The van der Waals surface area contributed by atoms with E-state index >= 15 is 0 Å². The van der Waals surface area contributed by atoms with Gasteiger partial charge in [-0.2, -0.15) is 0 Å². The summed E-state index contributed by atoms with van der Waals surface area (Å²) in [5.41, 5.74) is 5.49. The zero-order valence-corrected chi connectivity index (χ0v) is 10.3. The van der Waals surface area contributed by atoms with Gasteiger partial charge < -0.3 is 21.2 Å². The van der Waals surface area contributed by atoms with Gasteiger partial charge in [0.15, 0.2) is 5.84 Å². The average Bonchev–Trinajstić information content (AvgIpc) is 2.77. The lowest BCUT2D eigenvalue weighted by atomic mass is 10.1. The lowest BCUT2D eigenvalue weighted by Gasteiger charge is -2.22. The van der Waals surface area contributed by atoms with Gasteiger partial charge in [-0.25, -0.2) is 0 Å². The summed E-state index contributed by atoms with van der Waals surface area (Å²) in [5, 5.41) is 14.8. The Labute approximate surface area is 97.7 Å². The molecule has 0 aliphatic carbocycles. The van der Waals surface area contributed by atoms with E-state index in [0.29, 0.717) is 5.92 Å². The van der Waals surface area contributed by atoms with Gasteiger partial charge in [0, 0.05) is 6.54 Å². The van der Waals surface area contributed by atoms with Crippen LogP contribution in [0.25, 0.3) is 0 Å². The topological polar surface area (TPSA) is 73.9 Å². The fraction of sp³-hybridized carbons (Fsp3) is 0.909. The summed E-state index contributed by atoms with van der Waals surface area (Å²) in [5.74, 6) is 0.834. The smallest absolute Gasteiger partial charge is 0.156 e. The summed E-state index contributed by atoms with van der Waals surface area (Å²) >= 11 is 0. The highest BCUT2D eigenvalue weighted by Gasteiger charge is 2.15. The van der Waals surface area contributed by atoms with Crippen LogP contribution in [-0.4, -0.2) is 48.2 Å². The minimum atomic E-state index is -0.0639. The summed E-state index contributed by atoms with van der Waals surface area (Å²) in [7, 11) is 0. The molecule has 2 unspecified atom stereocenters. The summed E-state index contributed by atoms with van der Waals surface area (Å²) in [4.78, 5) is 2.50. The van der Waals surface area contributed by atoms with E-state index in [1.54, 1.807) is 0 Å². The molecular weight excluding hydrogens is 204 g/mol. The van der Waals surface area contributed by atoms with E-state index in [2.05, 4.69) is 22.3 Å². The molecule has 1 saturated heterocycles. The van der Waals surface area contributed by atoms with Gasteiger partial charge in [0.2, 0.25) is 0 Å². The summed E-state index contributed by atoms with van der Waals surface area (Å²) in [6.45, 7) is 8.63. The van der Waals surface area contributed by atoms with Crippen LogP contribution in [0.1, 0.15) is 26.7 Å². The highest BCUT2D eigenvalue weighted by atomic mass is 16.4. The van der Waals surface area contributed by atoms with Crippen LogP contribution in [-0.2, 0) is 0 Å². The van der Waals surface area contributed by atoms with Gasteiger partial charge in [0.1, 0.15) is 0 Å². The molecule has 1 fully saturated rings. The van der Waals surface area contributed by atoms with Crippen LogP contribution < -0.4 is 11.1 Å². The van der Waals surface area contributed by atoms with Gasteiger partial charge >= 0.3 is 0 Å². The van der Waals surface area contributed by atoms with Crippen molar-refractivity contribution in [2.75, 3.05) is 26.2 Å². The number of oxime groups is 1. The van der Waals surface area contributed by atoms with Crippen molar-refractivity contribution in [3.8, 4) is 0 Å². The first-order valence-electron chi connectivity index (χ1n) is 6.06. The minimum absolute atomic E-state index is 0.0639. The summed E-state index contributed by atoms with van der Waals surface area (Å²) in [6.07, 6.45) is 2.67. The Hall–Kier alpha value is -0.810. The van der Waals surface area contributed by atoms with Crippen molar-refractivity contribution in [1.82, 2.24) is 10.2 Å². The molecule has 0 aromatic carbocycles. The molecule has 5 heteroatoms. The Kier molecular flexibility index (Phi) is 5.55. The van der Waals surface area contributed by atoms with Crippen LogP contribution in [0, 0.1) is 5.92 Å². The van der Waals surface area contributed by atoms with Crippen molar-refractivity contribution in [2.24, 2.45) is 16.8 Å². The maximum atomic E-state index is 8.51. The number of hydrogen-bond donors (Lipinski definition) is 3. The molecule has 1 heterocycles. The Morgan fingerprint density at radius 1 is 1.44 bits per heavy atom. The highest BCUT2D eigenvalue weighted by Crippen LogP contribution is 2.09. The van der Waals surface area contributed by atoms with E-state index in [9.17, 15) is 0 Å². The number of amidine groups is 1. The van der Waals surface area contributed by atoms with Crippen molar-refractivity contribution in [3.63, 3.8) is 0 Å². The van der Waals surface area contributed by atoms with E-state index in [4.69, 9.17) is 10.9 Å². The molecule has 5 nitrogen and oxygen atoms in total. The number of rotatable bonds is 6. The van der Waals surface area contributed by atoms with Gasteiger partial charge in [0.25, 0.3) is 0 Å². The van der Waals surface area contributed by atoms with Crippen molar-refractivity contribution in [2.45, 2.75) is 32.7 Å². The van der Waals surface area contributed by atoms with E-state index in [-0.39, 0.29) is 11.9 Å². The molecule has 4 N–H and O–H groups in total. The van der Waals surface area contributed by atoms with Gasteiger partial charge in [-0.3, -0.25) is 0 Å². The Morgan fingerprint density at radius 2 is 2.06 bits per heavy atom. The van der Waals surface area contributed by atoms with Crippen LogP contribution in [0.4, 0.5) is 0 Å². The first-order valence-corrected chi connectivity index (χ1v) is 6.06. The molecule has 0 bridgehead atoms. The SMILES string of the molecule is CC(CNC(C)C(N)=NO)CN1CCCC1. The molecular formula is C11H24N4O. The maximum absolute atomic E-state index is 8.51. The second-order valence-electron chi connectivity index (χ2n) is 4.77. The molecule has 0 saturated carbocycles. The standard InChI is InChI=1S/C11H24N4O/c1-9(8-15-5-3-4-6-15)7-13-10(2)11(12)14-16/h9-10,13,16H,3-8H2,1-2H3,(H2,12,14). The van der Waals surface area contributed by atoms with Crippen molar-refractivity contribution >= 4 is 5.84 Å². The van der Waals surface area contributed by atoms with Gasteiger partial charge in [0.05, 0.1) is 6.04 Å². The molecule has 0 aromatic rings. The second-order valence-corrected chi connectivity index (χ2v) is 4.77. The van der Waals surface area contributed by atoms with Gasteiger partial charge in [-0.1, -0.05) is 12.1 Å². The molecule has 94 valence electrons. The van der Waals surface area contributed by atoms with E-state index < -0.39 is 0 Å². The van der Waals surface area contributed by atoms with Crippen molar-refractivity contribution in [1.29, 1.82) is 0 Å². The lowest BCUT2D eigenvalue weighted by Crippen LogP contribution is -2.42. The third kappa shape index (κ3) is 4.37. The quantitative estimate of drug-likeness (QED) is 0.267. The predicted molar refractivity (Wildman–Crippen MR) is 65.7 cm³/mol. The number of hydrogen-bond acceptors (Lipinski definition) is 4. The summed E-state index contributed by atoms with van der Waals surface area (Å²) < 4.78 is 0. The molecule has 2 atom stereocenters. The summed E-state index contributed by atoms with van der Waals surface area (Å²) in [6, 6.07) is -0.0639. The van der Waals surface area contributed by atoms with Crippen LogP contribution in [0.2, 0.25) is 0 Å². The highest BCUT2D eigenvalue weighted by molar-refractivity contribution is 5.84. The van der Waals surface area contributed by atoms with E-state index in [1.807, 2.05) is 6.92 Å². The van der Waals surface area contributed by atoms with Crippen molar-refractivity contribution < 1.29 is 5.21 Å². The van der Waals surface area contributed by atoms with Gasteiger partial charge in [-0.15, -0.1) is 0 Å². The third-order valence-corrected chi connectivity index (χ3v) is 3.10. The van der Waals surface area contributed by atoms with Crippen LogP contribution in [0.3, 0.4) is 0 Å². The minimum Gasteiger partial charge on any atom is -0.409 e. The van der Waals surface area contributed by atoms with E-state index in [1.165, 1.54) is 25.9 Å². The van der Waals surface area contributed by atoms with Crippen LogP contribution in [0.15, 0.2) is 5.16 Å². The molecule has 1 aliphatic heterocycles. The van der Waals surface area contributed by atoms with Crippen LogP contribution in [0.5, 0.6) is 0 Å². The average molecular weight is 228 g/mol. The second kappa shape index (κ2) is 6.70. The Bertz CT molecular complexity index is 226. The normalized spacial score (nSPS) is 22.2. The first-order chi connectivity index (χ1) is 7.63. The Morgan fingerprint density at radius 3 is 2.62 bits per heavy atom.